The molecule has 112 valence electrons. The number of carbonyl (C=O) groups excluding carboxylic acids is 2. The van der Waals surface area contributed by atoms with E-state index in [-0.39, 0.29) is 18.2 Å². The predicted octanol–water partition coefficient (Wildman–Crippen LogP) is 1.04. The maximum Gasteiger partial charge on any atom is 0.254 e. The number of rotatable bonds is 3. The average Bonchev–Trinajstić information content (AvgIpc) is 3.09. The van der Waals surface area contributed by atoms with Crippen LogP contribution >= 0.6 is 0 Å². The van der Waals surface area contributed by atoms with Crippen LogP contribution in [-0.2, 0) is 9.59 Å². The highest BCUT2D eigenvalue weighted by Crippen LogP contribution is 2.26. The largest absolute Gasteiger partial charge is 0.367 e. The average molecular weight is 297 g/mol. The molecule has 22 heavy (non-hydrogen) atoms. The van der Waals surface area contributed by atoms with Crippen molar-refractivity contribution in [2.75, 3.05) is 5.32 Å². The van der Waals surface area contributed by atoms with Crippen molar-refractivity contribution in [3.05, 3.63) is 29.1 Å². The number of imide groups is 1. The molecule has 2 fully saturated rings. The topological polar surface area (TPSA) is 88.4 Å². The molecule has 0 unspecified atom stereocenters. The summed E-state index contributed by atoms with van der Waals surface area (Å²) in [4.78, 5) is 27.5. The summed E-state index contributed by atoms with van der Waals surface area (Å²) in [5, 5.41) is 10.1. The Labute approximate surface area is 126 Å². The zero-order chi connectivity index (χ0) is 15.3. The standard InChI is InChI=1S/C15H15N5O2/c1-8-4-12(18-11-2-3-11)20-14(17-8)10(7-16-20)5-9-6-13(21)19-15(9)22/h4-5,7,11,18H,2-3,6H2,1H3,(H,19,21,22). The van der Waals surface area contributed by atoms with Crippen LogP contribution in [0, 0.1) is 6.92 Å². The summed E-state index contributed by atoms with van der Waals surface area (Å²) in [5.74, 6) is 0.294. The van der Waals surface area contributed by atoms with Crippen LogP contribution in [0.15, 0.2) is 17.8 Å². The lowest BCUT2D eigenvalue weighted by molar-refractivity contribution is -0.124. The minimum atomic E-state index is -0.340. The SMILES string of the molecule is Cc1cc(NC2CC2)n2ncc(C=C3CC(=O)NC3=O)c2n1. The molecular weight excluding hydrogens is 282 g/mol. The van der Waals surface area contributed by atoms with E-state index in [9.17, 15) is 9.59 Å². The summed E-state index contributed by atoms with van der Waals surface area (Å²) < 4.78 is 1.74. The number of nitrogens with one attached hydrogen (secondary N) is 2. The number of aromatic nitrogens is 3. The highest BCUT2D eigenvalue weighted by atomic mass is 16.2. The first-order chi connectivity index (χ1) is 10.6. The van der Waals surface area contributed by atoms with Gasteiger partial charge in [-0.05, 0) is 25.8 Å². The van der Waals surface area contributed by atoms with Crippen molar-refractivity contribution in [3.63, 3.8) is 0 Å². The lowest BCUT2D eigenvalue weighted by atomic mass is 10.1. The molecular formula is C15H15N5O2. The highest BCUT2D eigenvalue weighted by molar-refractivity contribution is 6.15. The smallest absolute Gasteiger partial charge is 0.254 e. The van der Waals surface area contributed by atoms with E-state index >= 15 is 0 Å². The van der Waals surface area contributed by atoms with E-state index in [1.165, 1.54) is 12.8 Å². The second-order valence-electron chi connectivity index (χ2n) is 5.76. The van der Waals surface area contributed by atoms with Gasteiger partial charge in [0.25, 0.3) is 5.91 Å². The van der Waals surface area contributed by atoms with Crippen LogP contribution in [0.4, 0.5) is 5.82 Å². The van der Waals surface area contributed by atoms with E-state index in [2.05, 4.69) is 20.7 Å². The molecule has 1 saturated carbocycles. The van der Waals surface area contributed by atoms with Crippen LogP contribution in [0.3, 0.4) is 0 Å². The minimum Gasteiger partial charge on any atom is -0.367 e. The molecule has 7 nitrogen and oxygen atoms in total. The van der Waals surface area contributed by atoms with Crippen LogP contribution in [-0.4, -0.2) is 32.5 Å². The van der Waals surface area contributed by atoms with E-state index in [1.807, 2.05) is 13.0 Å². The second-order valence-corrected chi connectivity index (χ2v) is 5.76. The molecule has 0 aromatic carbocycles. The molecule has 1 aliphatic carbocycles. The van der Waals surface area contributed by atoms with Gasteiger partial charge in [0.05, 0.1) is 12.6 Å². The van der Waals surface area contributed by atoms with Gasteiger partial charge in [-0.15, -0.1) is 0 Å². The van der Waals surface area contributed by atoms with Gasteiger partial charge < -0.3 is 5.32 Å². The molecule has 2 aromatic rings. The van der Waals surface area contributed by atoms with E-state index in [0.717, 1.165) is 17.1 Å². The number of aryl methyl sites for hydroxylation is 1. The summed E-state index contributed by atoms with van der Waals surface area (Å²) in [7, 11) is 0. The van der Waals surface area contributed by atoms with Gasteiger partial charge in [-0.1, -0.05) is 0 Å². The summed E-state index contributed by atoms with van der Waals surface area (Å²) in [6.07, 6.45) is 5.81. The van der Waals surface area contributed by atoms with Crippen molar-refractivity contribution in [1.29, 1.82) is 0 Å². The van der Waals surface area contributed by atoms with Crippen molar-refractivity contribution in [3.8, 4) is 0 Å². The Bertz CT molecular complexity index is 832. The van der Waals surface area contributed by atoms with Gasteiger partial charge in [-0.3, -0.25) is 14.9 Å². The zero-order valence-electron chi connectivity index (χ0n) is 12.1. The number of anilines is 1. The van der Waals surface area contributed by atoms with Crippen LogP contribution in [0.1, 0.15) is 30.5 Å². The lowest BCUT2D eigenvalue weighted by Gasteiger charge is -2.08. The third kappa shape index (κ3) is 2.24. The van der Waals surface area contributed by atoms with Crippen LogP contribution in [0.25, 0.3) is 11.7 Å². The Balaban J connectivity index is 1.79. The third-order valence-corrected chi connectivity index (χ3v) is 3.78. The molecule has 7 heteroatoms. The van der Waals surface area contributed by atoms with Gasteiger partial charge in [0.15, 0.2) is 5.65 Å². The normalized spacial score (nSPS) is 20.0. The number of nitrogens with zero attached hydrogens (tertiary/aromatic N) is 3. The van der Waals surface area contributed by atoms with Crippen molar-refractivity contribution in [2.24, 2.45) is 0 Å². The summed E-state index contributed by atoms with van der Waals surface area (Å²) >= 11 is 0. The molecule has 4 rings (SSSR count). The van der Waals surface area contributed by atoms with Crippen molar-refractivity contribution >= 4 is 29.4 Å². The fourth-order valence-corrected chi connectivity index (χ4v) is 2.55. The van der Waals surface area contributed by atoms with E-state index < -0.39 is 0 Å². The fourth-order valence-electron chi connectivity index (χ4n) is 2.55. The molecule has 0 spiro atoms. The molecule has 2 aromatic heterocycles. The number of hydrogen-bond donors (Lipinski definition) is 2. The minimum absolute atomic E-state index is 0.106. The van der Waals surface area contributed by atoms with Crippen LogP contribution in [0.2, 0.25) is 0 Å². The number of amides is 2. The molecule has 1 aliphatic heterocycles. The molecule has 0 atom stereocenters. The van der Waals surface area contributed by atoms with Gasteiger partial charge in [0, 0.05) is 28.9 Å². The molecule has 0 bridgehead atoms. The van der Waals surface area contributed by atoms with E-state index in [1.54, 1.807) is 16.8 Å². The molecule has 1 saturated heterocycles. The van der Waals surface area contributed by atoms with Crippen molar-refractivity contribution in [1.82, 2.24) is 19.9 Å². The van der Waals surface area contributed by atoms with Gasteiger partial charge in [0.1, 0.15) is 5.82 Å². The highest BCUT2D eigenvalue weighted by Gasteiger charge is 2.25. The first kappa shape index (κ1) is 13.0. The van der Waals surface area contributed by atoms with Crippen LogP contribution < -0.4 is 10.6 Å². The predicted molar refractivity (Wildman–Crippen MR) is 80.1 cm³/mol. The van der Waals surface area contributed by atoms with Gasteiger partial charge in [-0.25, -0.2) is 4.98 Å². The van der Waals surface area contributed by atoms with Crippen LogP contribution in [0.5, 0.6) is 0 Å². The zero-order valence-corrected chi connectivity index (χ0v) is 12.1. The monoisotopic (exact) mass is 297 g/mol. The molecule has 2 aliphatic rings. The summed E-state index contributed by atoms with van der Waals surface area (Å²) in [6.45, 7) is 1.92. The van der Waals surface area contributed by atoms with E-state index in [0.29, 0.717) is 17.3 Å². The molecule has 3 heterocycles. The summed E-state index contributed by atoms with van der Waals surface area (Å²) in [6, 6.07) is 2.47. The molecule has 0 radical (unpaired) electrons. The molecule has 2 amide bonds. The maximum atomic E-state index is 11.7. The third-order valence-electron chi connectivity index (χ3n) is 3.78. The van der Waals surface area contributed by atoms with Gasteiger partial charge >= 0.3 is 0 Å². The van der Waals surface area contributed by atoms with Gasteiger partial charge in [-0.2, -0.15) is 9.61 Å². The summed E-state index contributed by atoms with van der Waals surface area (Å²) in [5.41, 5.74) is 2.74. The van der Waals surface area contributed by atoms with E-state index in [4.69, 9.17) is 0 Å². The Morgan fingerprint density at radius 2 is 2.23 bits per heavy atom. The second kappa shape index (κ2) is 4.66. The lowest BCUT2D eigenvalue weighted by Crippen LogP contribution is -2.19. The van der Waals surface area contributed by atoms with Crippen molar-refractivity contribution in [2.45, 2.75) is 32.2 Å². The number of fused-ring (bicyclic) bond motifs is 1. The molecule has 2 N–H and O–H groups in total. The Kier molecular flexibility index (Phi) is 2.75. The fraction of sp³-hybridized carbons (Fsp3) is 0.333. The quantitative estimate of drug-likeness (QED) is 0.653. The maximum absolute atomic E-state index is 11.7. The Morgan fingerprint density at radius 1 is 1.41 bits per heavy atom. The Morgan fingerprint density at radius 3 is 2.91 bits per heavy atom. The number of carbonyl (C=O) groups is 2. The Hall–Kier alpha value is -2.70. The first-order valence-electron chi connectivity index (χ1n) is 7.27. The van der Waals surface area contributed by atoms with Gasteiger partial charge in [0.2, 0.25) is 5.91 Å². The number of hydrogen-bond acceptors (Lipinski definition) is 5. The first-order valence-corrected chi connectivity index (χ1v) is 7.27. The van der Waals surface area contributed by atoms with Crippen molar-refractivity contribution < 1.29 is 9.59 Å².